The van der Waals surface area contributed by atoms with E-state index in [2.05, 4.69) is 39.5 Å². The van der Waals surface area contributed by atoms with E-state index in [-0.39, 0.29) is 0 Å². The third-order valence-electron chi connectivity index (χ3n) is 3.71. The third kappa shape index (κ3) is 2.72. The van der Waals surface area contributed by atoms with Gasteiger partial charge in [0.05, 0.1) is 0 Å². The van der Waals surface area contributed by atoms with Crippen molar-refractivity contribution in [1.29, 1.82) is 0 Å². The van der Waals surface area contributed by atoms with E-state index in [1.54, 1.807) is 6.33 Å². The summed E-state index contributed by atoms with van der Waals surface area (Å²) in [6, 6.07) is 0.628. The van der Waals surface area contributed by atoms with E-state index in [0.29, 0.717) is 6.04 Å². The number of rotatable bonds is 5. The Bertz CT molecular complexity index is 393. The molecule has 1 atom stereocenters. The highest BCUT2D eigenvalue weighted by Gasteiger charge is 2.21. The minimum absolute atomic E-state index is 0.628. The van der Waals surface area contributed by atoms with Crippen LogP contribution >= 0.6 is 0 Å². The fourth-order valence-electron chi connectivity index (χ4n) is 2.57. The minimum atomic E-state index is 0.628. The molecular weight excluding hydrogens is 226 g/mol. The lowest BCUT2D eigenvalue weighted by molar-refractivity contribution is 0.322. The van der Waals surface area contributed by atoms with Gasteiger partial charge >= 0.3 is 0 Å². The van der Waals surface area contributed by atoms with E-state index in [1.165, 1.54) is 24.9 Å². The van der Waals surface area contributed by atoms with Crippen LogP contribution in [0.5, 0.6) is 0 Å². The van der Waals surface area contributed by atoms with Crippen molar-refractivity contribution in [2.75, 3.05) is 37.8 Å². The highest BCUT2D eigenvalue weighted by atomic mass is 15.2. The van der Waals surface area contributed by atoms with Gasteiger partial charge in [-0.2, -0.15) is 0 Å². The van der Waals surface area contributed by atoms with Gasteiger partial charge in [0.15, 0.2) is 0 Å². The fraction of sp³-hybridized carbons (Fsp3) is 0.692. The number of likely N-dealkylation sites (tertiary alicyclic amines) is 1. The van der Waals surface area contributed by atoms with Crippen molar-refractivity contribution in [2.24, 2.45) is 0 Å². The predicted molar refractivity (Wildman–Crippen MR) is 75.1 cm³/mol. The van der Waals surface area contributed by atoms with Crippen LogP contribution in [0.25, 0.3) is 0 Å². The van der Waals surface area contributed by atoms with Gasteiger partial charge < -0.3 is 15.5 Å². The Labute approximate surface area is 109 Å². The van der Waals surface area contributed by atoms with Crippen molar-refractivity contribution >= 4 is 11.6 Å². The molecule has 1 saturated heterocycles. The first-order valence-corrected chi connectivity index (χ1v) is 6.72. The van der Waals surface area contributed by atoms with Crippen LogP contribution in [-0.2, 0) is 6.42 Å². The molecule has 1 aromatic rings. The van der Waals surface area contributed by atoms with Gasteiger partial charge in [-0.25, -0.2) is 9.97 Å². The molecule has 2 rings (SSSR count). The molecule has 0 aliphatic carbocycles. The maximum absolute atomic E-state index is 4.36. The average Bonchev–Trinajstić information content (AvgIpc) is 2.81. The van der Waals surface area contributed by atoms with Gasteiger partial charge in [-0.1, -0.05) is 6.92 Å². The first kappa shape index (κ1) is 13.1. The molecule has 5 heteroatoms. The second-order valence-electron chi connectivity index (χ2n) is 4.81. The van der Waals surface area contributed by atoms with Crippen LogP contribution in [0.2, 0.25) is 0 Å². The van der Waals surface area contributed by atoms with Crippen molar-refractivity contribution in [3.63, 3.8) is 0 Å². The van der Waals surface area contributed by atoms with Gasteiger partial charge in [-0.15, -0.1) is 0 Å². The molecule has 100 valence electrons. The molecule has 1 unspecified atom stereocenters. The molecule has 0 spiro atoms. The van der Waals surface area contributed by atoms with Crippen molar-refractivity contribution < 1.29 is 0 Å². The monoisotopic (exact) mass is 249 g/mol. The summed E-state index contributed by atoms with van der Waals surface area (Å²) in [7, 11) is 4.09. The topological polar surface area (TPSA) is 53.1 Å². The second kappa shape index (κ2) is 6.00. The quantitative estimate of drug-likeness (QED) is 0.830. The molecule has 0 amide bonds. The molecule has 0 bridgehead atoms. The molecule has 1 aromatic heterocycles. The maximum atomic E-state index is 4.36. The van der Waals surface area contributed by atoms with Crippen molar-refractivity contribution in [2.45, 2.75) is 32.2 Å². The lowest BCUT2D eigenvalue weighted by Gasteiger charge is -2.21. The molecule has 0 radical (unpaired) electrons. The van der Waals surface area contributed by atoms with Crippen LogP contribution in [0, 0.1) is 0 Å². The second-order valence-corrected chi connectivity index (χ2v) is 4.81. The van der Waals surface area contributed by atoms with Gasteiger partial charge in [0.1, 0.15) is 18.0 Å². The molecule has 2 N–H and O–H groups in total. The zero-order valence-corrected chi connectivity index (χ0v) is 11.5. The lowest BCUT2D eigenvalue weighted by atomic mass is 10.2. The number of aromatic nitrogens is 2. The molecule has 2 heterocycles. The third-order valence-corrected chi connectivity index (χ3v) is 3.71. The number of anilines is 2. The minimum Gasteiger partial charge on any atom is -0.373 e. The Kier molecular flexibility index (Phi) is 4.36. The molecule has 1 aliphatic heterocycles. The van der Waals surface area contributed by atoms with Crippen LogP contribution in [0.4, 0.5) is 11.6 Å². The standard InChI is InChI=1S/C13H23N5/c1-4-11-12(14-2)16-9-17-13(11)15-8-10-6-5-7-18(10)3/h9-10H,4-8H2,1-3H3,(H2,14,15,16,17). The van der Waals surface area contributed by atoms with E-state index in [9.17, 15) is 0 Å². The summed E-state index contributed by atoms with van der Waals surface area (Å²) < 4.78 is 0. The van der Waals surface area contributed by atoms with Crippen LogP contribution in [0.3, 0.4) is 0 Å². The Hall–Kier alpha value is -1.36. The van der Waals surface area contributed by atoms with E-state index in [0.717, 1.165) is 24.6 Å². The Balaban J connectivity index is 2.04. The molecule has 5 nitrogen and oxygen atoms in total. The molecule has 1 aliphatic rings. The first-order valence-electron chi connectivity index (χ1n) is 6.72. The summed E-state index contributed by atoms with van der Waals surface area (Å²) in [6.07, 6.45) is 5.12. The van der Waals surface area contributed by atoms with Crippen molar-refractivity contribution in [1.82, 2.24) is 14.9 Å². The van der Waals surface area contributed by atoms with Crippen LogP contribution < -0.4 is 10.6 Å². The van der Waals surface area contributed by atoms with Crippen LogP contribution in [-0.4, -0.2) is 48.1 Å². The fourth-order valence-corrected chi connectivity index (χ4v) is 2.57. The van der Waals surface area contributed by atoms with Gasteiger partial charge in [-0.3, -0.25) is 0 Å². The number of nitrogens with zero attached hydrogens (tertiary/aromatic N) is 3. The summed E-state index contributed by atoms with van der Waals surface area (Å²) in [4.78, 5) is 11.0. The largest absolute Gasteiger partial charge is 0.373 e. The Morgan fingerprint density at radius 1 is 1.39 bits per heavy atom. The van der Waals surface area contributed by atoms with Crippen LogP contribution in [0.15, 0.2) is 6.33 Å². The molecule has 0 saturated carbocycles. The van der Waals surface area contributed by atoms with E-state index in [1.807, 2.05) is 7.05 Å². The summed E-state index contributed by atoms with van der Waals surface area (Å²) >= 11 is 0. The maximum Gasteiger partial charge on any atom is 0.134 e. The highest BCUT2D eigenvalue weighted by Crippen LogP contribution is 2.21. The predicted octanol–water partition coefficient (Wildman–Crippen LogP) is 1.59. The Morgan fingerprint density at radius 2 is 2.17 bits per heavy atom. The van der Waals surface area contributed by atoms with E-state index < -0.39 is 0 Å². The summed E-state index contributed by atoms with van der Waals surface area (Å²) in [5.74, 6) is 1.90. The average molecular weight is 249 g/mol. The Morgan fingerprint density at radius 3 is 2.78 bits per heavy atom. The SMILES string of the molecule is CCc1c(NC)ncnc1NCC1CCCN1C. The van der Waals surface area contributed by atoms with Gasteiger partial charge in [0.2, 0.25) is 0 Å². The number of nitrogens with one attached hydrogen (secondary N) is 2. The zero-order valence-electron chi connectivity index (χ0n) is 11.5. The van der Waals surface area contributed by atoms with Crippen molar-refractivity contribution in [3.8, 4) is 0 Å². The normalized spacial score (nSPS) is 20.1. The first-order chi connectivity index (χ1) is 8.76. The van der Waals surface area contributed by atoms with Gasteiger partial charge in [-0.05, 0) is 32.9 Å². The lowest BCUT2D eigenvalue weighted by Crippen LogP contribution is -2.32. The summed E-state index contributed by atoms with van der Waals surface area (Å²) in [6.45, 7) is 4.30. The number of likely N-dealkylation sites (N-methyl/N-ethyl adjacent to an activating group) is 1. The van der Waals surface area contributed by atoms with Gasteiger partial charge in [0, 0.05) is 25.2 Å². The number of hydrogen-bond acceptors (Lipinski definition) is 5. The van der Waals surface area contributed by atoms with E-state index >= 15 is 0 Å². The smallest absolute Gasteiger partial charge is 0.134 e. The molecular formula is C13H23N5. The summed E-state index contributed by atoms with van der Waals surface area (Å²) in [5, 5.41) is 6.60. The van der Waals surface area contributed by atoms with Gasteiger partial charge in [0.25, 0.3) is 0 Å². The zero-order chi connectivity index (χ0) is 13.0. The highest BCUT2D eigenvalue weighted by molar-refractivity contribution is 5.57. The van der Waals surface area contributed by atoms with E-state index in [4.69, 9.17) is 0 Å². The molecule has 1 fully saturated rings. The summed E-state index contributed by atoms with van der Waals surface area (Å²) in [5.41, 5.74) is 1.17. The van der Waals surface area contributed by atoms with Crippen LogP contribution in [0.1, 0.15) is 25.3 Å². The van der Waals surface area contributed by atoms with Crippen molar-refractivity contribution in [3.05, 3.63) is 11.9 Å². The molecule has 0 aromatic carbocycles. The molecule has 18 heavy (non-hydrogen) atoms. The number of hydrogen-bond donors (Lipinski definition) is 2.